The summed E-state index contributed by atoms with van der Waals surface area (Å²) in [6.07, 6.45) is 3.79. The molecular weight excluding hydrogens is 166 g/mol. The van der Waals surface area contributed by atoms with Crippen molar-refractivity contribution in [3.05, 3.63) is 0 Å². The Hall–Kier alpha value is 0.440. The quantitative estimate of drug-likeness (QED) is 0.605. The molecule has 0 amide bonds. The van der Waals surface area contributed by atoms with Crippen LogP contribution in [0.1, 0.15) is 19.3 Å². The first-order valence-electron chi connectivity index (χ1n) is 3.14. The Morgan fingerprint density at radius 1 is 1.50 bits per heavy atom. The average Bonchev–Trinajstić information content (AvgIpc) is 2.14. The van der Waals surface area contributed by atoms with Gasteiger partial charge in [-0.15, -0.1) is 0 Å². The van der Waals surface area contributed by atoms with Crippen molar-refractivity contribution in [2.45, 2.75) is 25.3 Å². The molecule has 2 heteroatoms. The molecule has 8 heavy (non-hydrogen) atoms. The van der Waals surface area contributed by atoms with Gasteiger partial charge in [0, 0.05) is 11.4 Å². The van der Waals surface area contributed by atoms with Crippen LogP contribution in [0.15, 0.2) is 0 Å². The minimum absolute atomic E-state index is 0.498. The first-order valence-corrected chi connectivity index (χ1v) is 4.26. The van der Waals surface area contributed by atoms with E-state index in [1.165, 1.54) is 19.3 Å². The second-order valence-corrected chi connectivity index (χ2v) is 3.24. The van der Waals surface area contributed by atoms with E-state index in [9.17, 15) is 0 Å². The monoisotopic (exact) mass is 177 g/mol. The van der Waals surface area contributed by atoms with Gasteiger partial charge in [-0.1, -0.05) is 15.9 Å². The van der Waals surface area contributed by atoms with Crippen molar-refractivity contribution < 1.29 is 0 Å². The molecule has 2 atom stereocenters. The highest BCUT2D eigenvalue weighted by Crippen LogP contribution is 2.25. The molecule has 0 radical (unpaired) electrons. The molecule has 1 rings (SSSR count). The first kappa shape index (κ1) is 6.56. The normalized spacial score (nSPS) is 38.2. The SMILES string of the molecule is N[C@@H]1CC[C@H](CBr)C1. The molecule has 1 fully saturated rings. The van der Waals surface area contributed by atoms with Gasteiger partial charge in [0.1, 0.15) is 0 Å². The summed E-state index contributed by atoms with van der Waals surface area (Å²) in [5.74, 6) is 0.866. The first-order chi connectivity index (χ1) is 3.83. The Kier molecular flexibility index (Phi) is 2.32. The summed E-state index contributed by atoms with van der Waals surface area (Å²) in [6, 6.07) is 0.498. The summed E-state index contributed by atoms with van der Waals surface area (Å²) in [6.45, 7) is 0. The van der Waals surface area contributed by atoms with Crippen LogP contribution in [0.5, 0.6) is 0 Å². The van der Waals surface area contributed by atoms with E-state index in [0.29, 0.717) is 6.04 Å². The molecule has 0 aromatic heterocycles. The average molecular weight is 178 g/mol. The largest absolute Gasteiger partial charge is 0.328 e. The molecule has 2 N–H and O–H groups in total. The second kappa shape index (κ2) is 2.83. The van der Waals surface area contributed by atoms with Crippen molar-refractivity contribution in [1.29, 1.82) is 0 Å². The maximum Gasteiger partial charge on any atom is 0.00602 e. The summed E-state index contributed by atoms with van der Waals surface area (Å²) >= 11 is 3.45. The third-order valence-electron chi connectivity index (χ3n) is 1.80. The summed E-state index contributed by atoms with van der Waals surface area (Å²) < 4.78 is 0. The Labute approximate surface area is 58.8 Å². The van der Waals surface area contributed by atoms with Gasteiger partial charge in [-0.3, -0.25) is 0 Å². The predicted molar refractivity (Wildman–Crippen MR) is 39.1 cm³/mol. The summed E-state index contributed by atoms with van der Waals surface area (Å²) in [7, 11) is 0. The molecule has 0 unspecified atom stereocenters. The van der Waals surface area contributed by atoms with Gasteiger partial charge in [-0.25, -0.2) is 0 Å². The minimum Gasteiger partial charge on any atom is -0.328 e. The maximum atomic E-state index is 5.68. The number of rotatable bonds is 1. The fourth-order valence-electron chi connectivity index (χ4n) is 1.25. The number of halogens is 1. The van der Waals surface area contributed by atoms with E-state index in [-0.39, 0.29) is 0 Å². The lowest BCUT2D eigenvalue weighted by molar-refractivity contribution is 0.607. The summed E-state index contributed by atoms with van der Waals surface area (Å²) in [5.41, 5.74) is 5.68. The lowest BCUT2D eigenvalue weighted by atomic mass is 10.1. The van der Waals surface area contributed by atoms with E-state index in [1.54, 1.807) is 0 Å². The molecule has 1 aliphatic carbocycles. The molecule has 0 aromatic carbocycles. The van der Waals surface area contributed by atoms with Crippen molar-refractivity contribution >= 4 is 15.9 Å². The fraction of sp³-hybridized carbons (Fsp3) is 1.00. The van der Waals surface area contributed by atoms with E-state index in [0.717, 1.165) is 11.2 Å². The Bertz CT molecular complexity index is 74.9. The van der Waals surface area contributed by atoms with E-state index in [1.807, 2.05) is 0 Å². The van der Waals surface area contributed by atoms with E-state index in [4.69, 9.17) is 5.73 Å². The molecule has 0 aromatic rings. The molecule has 0 spiro atoms. The van der Waals surface area contributed by atoms with E-state index >= 15 is 0 Å². The van der Waals surface area contributed by atoms with Gasteiger partial charge < -0.3 is 5.73 Å². The highest BCUT2D eigenvalue weighted by molar-refractivity contribution is 9.09. The number of hydrogen-bond acceptors (Lipinski definition) is 1. The van der Waals surface area contributed by atoms with Crippen LogP contribution in [-0.2, 0) is 0 Å². The van der Waals surface area contributed by atoms with Crippen LogP contribution in [0, 0.1) is 5.92 Å². The van der Waals surface area contributed by atoms with Gasteiger partial charge in [-0.2, -0.15) is 0 Å². The standard InChI is InChI=1S/C6H12BrN/c7-4-5-1-2-6(8)3-5/h5-6H,1-4,8H2/t5-,6+/m0/s1. The van der Waals surface area contributed by atoms with Crippen molar-refractivity contribution in [1.82, 2.24) is 0 Å². The fourth-order valence-corrected chi connectivity index (χ4v) is 1.84. The van der Waals surface area contributed by atoms with Gasteiger partial charge in [0.25, 0.3) is 0 Å². The molecule has 0 saturated heterocycles. The lowest BCUT2D eigenvalue weighted by Gasteiger charge is -2.01. The molecule has 0 bridgehead atoms. The molecule has 1 nitrogen and oxygen atoms in total. The van der Waals surface area contributed by atoms with Gasteiger partial charge in [0.2, 0.25) is 0 Å². The zero-order chi connectivity index (χ0) is 5.98. The Morgan fingerprint density at radius 2 is 2.25 bits per heavy atom. The van der Waals surface area contributed by atoms with Crippen LogP contribution < -0.4 is 5.73 Å². The third kappa shape index (κ3) is 1.46. The Balaban J connectivity index is 2.22. The molecule has 0 aliphatic heterocycles. The van der Waals surface area contributed by atoms with Crippen LogP contribution in [0.2, 0.25) is 0 Å². The van der Waals surface area contributed by atoms with Crippen molar-refractivity contribution in [2.24, 2.45) is 11.7 Å². The number of alkyl halides is 1. The van der Waals surface area contributed by atoms with Gasteiger partial charge in [0.15, 0.2) is 0 Å². The van der Waals surface area contributed by atoms with Crippen LogP contribution in [0.25, 0.3) is 0 Å². The van der Waals surface area contributed by atoms with Gasteiger partial charge >= 0.3 is 0 Å². The topological polar surface area (TPSA) is 26.0 Å². The predicted octanol–water partition coefficient (Wildman–Crippen LogP) is 1.51. The highest BCUT2D eigenvalue weighted by Gasteiger charge is 2.19. The lowest BCUT2D eigenvalue weighted by Crippen LogP contribution is -2.14. The number of hydrogen-bond donors (Lipinski definition) is 1. The van der Waals surface area contributed by atoms with Gasteiger partial charge in [0.05, 0.1) is 0 Å². The molecular formula is C6H12BrN. The zero-order valence-electron chi connectivity index (χ0n) is 4.94. The maximum absolute atomic E-state index is 5.68. The molecule has 0 heterocycles. The van der Waals surface area contributed by atoms with Crippen LogP contribution in [0.4, 0.5) is 0 Å². The molecule has 1 saturated carbocycles. The summed E-state index contributed by atoms with van der Waals surface area (Å²) in [4.78, 5) is 0. The van der Waals surface area contributed by atoms with Crippen molar-refractivity contribution in [2.75, 3.05) is 5.33 Å². The number of nitrogens with two attached hydrogens (primary N) is 1. The second-order valence-electron chi connectivity index (χ2n) is 2.59. The Morgan fingerprint density at radius 3 is 2.50 bits per heavy atom. The van der Waals surface area contributed by atoms with Crippen LogP contribution in [0.3, 0.4) is 0 Å². The molecule has 1 aliphatic rings. The molecule has 48 valence electrons. The van der Waals surface area contributed by atoms with E-state index in [2.05, 4.69) is 15.9 Å². The van der Waals surface area contributed by atoms with Crippen LogP contribution in [-0.4, -0.2) is 11.4 Å². The van der Waals surface area contributed by atoms with E-state index < -0.39 is 0 Å². The zero-order valence-corrected chi connectivity index (χ0v) is 6.52. The highest BCUT2D eigenvalue weighted by atomic mass is 79.9. The minimum atomic E-state index is 0.498. The van der Waals surface area contributed by atoms with Crippen molar-refractivity contribution in [3.63, 3.8) is 0 Å². The summed E-state index contributed by atoms with van der Waals surface area (Å²) in [5, 5.41) is 1.14. The smallest absolute Gasteiger partial charge is 0.00602 e. The van der Waals surface area contributed by atoms with Gasteiger partial charge in [-0.05, 0) is 25.2 Å². The van der Waals surface area contributed by atoms with Crippen LogP contribution >= 0.6 is 15.9 Å². The third-order valence-corrected chi connectivity index (χ3v) is 2.72. The van der Waals surface area contributed by atoms with Crippen molar-refractivity contribution in [3.8, 4) is 0 Å².